The first-order valence-corrected chi connectivity index (χ1v) is 8.05. The van der Waals surface area contributed by atoms with Gasteiger partial charge in [-0.1, -0.05) is 11.2 Å². The van der Waals surface area contributed by atoms with Crippen LogP contribution in [0.15, 0.2) is 22.7 Å². The SMILES string of the molecule is Cc1nc(CN2CCC(CCc3ccc(F)cc3F)CC2)no1. The van der Waals surface area contributed by atoms with Gasteiger partial charge in [-0.25, -0.2) is 8.78 Å². The second kappa shape index (κ2) is 7.17. The van der Waals surface area contributed by atoms with Crippen molar-refractivity contribution in [2.24, 2.45) is 5.92 Å². The lowest BCUT2D eigenvalue weighted by Crippen LogP contribution is -2.33. The Bertz CT molecular complexity index is 651. The van der Waals surface area contributed by atoms with Gasteiger partial charge >= 0.3 is 0 Å². The van der Waals surface area contributed by atoms with Crippen LogP contribution in [0.4, 0.5) is 8.78 Å². The van der Waals surface area contributed by atoms with Crippen LogP contribution in [-0.4, -0.2) is 28.1 Å². The van der Waals surface area contributed by atoms with Gasteiger partial charge in [-0.2, -0.15) is 4.98 Å². The number of nitrogens with zero attached hydrogens (tertiary/aromatic N) is 3. The van der Waals surface area contributed by atoms with Gasteiger partial charge in [0.1, 0.15) is 11.6 Å². The molecule has 0 spiro atoms. The fraction of sp³-hybridized carbons (Fsp3) is 0.529. The maximum absolute atomic E-state index is 13.6. The number of piperidine rings is 1. The van der Waals surface area contributed by atoms with E-state index in [2.05, 4.69) is 15.0 Å². The Labute approximate surface area is 134 Å². The van der Waals surface area contributed by atoms with Gasteiger partial charge < -0.3 is 4.52 Å². The van der Waals surface area contributed by atoms with Crippen molar-refractivity contribution in [3.8, 4) is 0 Å². The van der Waals surface area contributed by atoms with Gasteiger partial charge in [0.15, 0.2) is 5.82 Å². The zero-order chi connectivity index (χ0) is 16.2. The number of halogens is 2. The molecule has 0 aliphatic carbocycles. The van der Waals surface area contributed by atoms with Crippen LogP contribution < -0.4 is 0 Å². The van der Waals surface area contributed by atoms with Crippen molar-refractivity contribution in [3.05, 3.63) is 47.1 Å². The highest BCUT2D eigenvalue weighted by Gasteiger charge is 2.20. The molecule has 1 aromatic heterocycles. The normalized spacial score (nSPS) is 16.8. The average Bonchev–Trinajstić information content (AvgIpc) is 2.93. The third-order valence-corrected chi connectivity index (χ3v) is 4.48. The maximum Gasteiger partial charge on any atom is 0.223 e. The molecule has 2 aromatic rings. The van der Waals surface area contributed by atoms with E-state index in [-0.39, 0.29) is 0 Å². The Balaban J connectivity index is 1.44. The molecule has 124 valence electrons. The number of benzene rings is 1. The molecule has 0 unspecified atom stereocenters. The van der Waals surface area contributed by atoms with E-state index in [4.69, 9.17) is 4.52 Å². The van der Waals surface area contributed by atoms with Crippen molar-refractivity contribution in [1.82, 2.24) is 15.0 Å². The summed E-state index contributed by atoms with van der Waals surface area (Å²) < 4.78 is 31.5. The fourth-order valence-corrected chi connectivity index (χ4v) is 3.12. The van der Waals surface area contributed by atoms with E-state index in [0.717, 1.165) is 50.8 Å². The lowest BCUT2D eigenvalue weighted by atomic mass is 9.90. The molecule has 6 heteroatoms. The summed E-state index contributed by atoms with van der Waals surface area (Å²) in [7, 11) is 0. The van der Waals surface area contributed by atoms with Crippen LogP contribution in [0, 0.1) is 24.5 Å². The van der Waals surface area contributed by atoms with Crippen molar-refractivity contribution in [3.63, 3.8) is 0 Å². The molecule has 1 aliphatic rings. The van der Waals surface area contributed by atoms with Crippen LogP contribution in [0.2, 0.25) is 0 Å². The van der Waals surface area contributed by atoms with Gasteiger partial charge in [0, 0.05) is 13.0 Å². The molecule has 1 aromatic carbocycles. The van der Waals surface area contributed by atoms with E-state index in [0.29, 0.717) is 23.8 Å². The second-order valence-corrected chi connectivity index (χ2v) is 6.22. The summed E-state index contributed by atoms with van der Waals surface area (Å²) in [5, 5.41) is 3.92. The molecule has 23 heavy (non-hydrogen) atoms. The molecule has 4 nitrogen and oxygen atoms in total. The second-order valence-electron chi connectivity index (χ2n) is 6.22. The fourth-order valence-electron chi connectivity index (χ4n) is 3.12. The summed E-state index contributed by atoms with van der Waals surface area (Å²) in [5.41, 5.74) is 0.608. The first kappa shape index (κ1) is 16.1. The Hall–Kier alpha value is -1.82. The molecule has 2 heterocycles. The molecule has 3 rings (SSSR count). The van der Waals surface area contributed by atoms with Crippen molar-refractivity contribution in [2.75, 3.05) is 13.1 Å². The summed E-state index contributed by atoms with van der Waals surface area (Å²) >= 11 is 0. The third kappa shape index (κ3) is 4.34. The Morgan fingerprint density at radius 1 is 1.26 bits per heavy atom. The minimum atomic E-state index is -0.517. The molecular weight excluding hydrogens is 300 g/mol. The molecule has 0 saturated carbocycles. The van der Waals surface area contributed by atoms with Crippen molar-refractivity contribution < 1.29 is 13.3 Å². The predicted molar refractivity (Wildman–Crippen MR) is 81.7 cm³/mol. The number of aryl methyl sites for hydroxylation is 2. The van der Waals surface area contributed by atoms with Gasteiger partial charge in [-0.3, -0.25) is 4.90 Å². The van der Waals surface area contributed by atoms with Gasteiger partial charge in [0.25, 0.3) is 0 Å². The molecule has 0 bridgehead atoms. The Morgan fingerprint density at radius 2 is 2.04 bits per heavy atom. The van der Waals surface area contributed by atoms with E-state index < -0.39 is 11.6 Å². The maximum atomic E-state index is 13.6. The van der Waals surface area contributed by atoms with Crippen LogP contribution in [0.1, 0.15) is 36.5 Å². The number of likely N-dealkylation sites (tertiary alicyclic amines) is 1. The topological polar surface area (TPSA) is 42.2 Å². The molecule has 1 saturated heterocycles. The number of aromatic nitrogens is 2. The van der Waals surface area contributed by atoms with Gasteiger partial charge in [-0.15, -0.1) is 0 Å². The average molecular weight is 321 g/mol. The number of rotatable bonds is 5. The monoisotopic (exact) mass is 321 g/mol. The van der Waals surface area contributed by atoms with E-state index in [1.165, 1.54) is 6.07 Å². The molecule has 0 radical (unpaired) electrons. The van der Waals surface area contributed by atoms with Crippen LogP contribution in [0.5, 0.6) is 0 Å². The van der Waals surface area contributed by atoms with Crippen LogP contribution in [0.25, 0.3) is 0 Å². The smallest absolute Gasteiger partial charge is 0.223 e. The molecular formula is C17H21F2N3O. The summed E-state index contributed by atoms with van der Waals surface area (Å²) in [6.07, 6.45) is 3.78. The van der Waals surface area contributed by atoms with Crippen LogP contribution >= 0.6 is 0 Å². The highest BCUT2D eigenvalue weighted by molar-refractivity contribution is 5.18. The summed E-state index contributed by atoms with van der Waals surface area (Å²) in [4.78, 5) is 6.54. The highest BCUT2D eigenvalue weighted by atomic mass is 19.1. The minimum absolute atomic E-state index is 0.435. The number of hydrogen-bond acceptors (Lipinski definition) is 4. The van der Waals surface area contributed by atoms with Crippen LogP contribution in [0.3, 0.4) is 0 Å². The Morgan fingerprint density at radius 3 is 2.70 bits per heavy atom. The standard InChI is InChI=1S/C17H21F2N3O/c1-12-20-17(21-23-12)11-22-8-6-13(7-9-22)2-3-14-4-5-15(18)10-16(14)19/h4-5,10,13H,2-3,6-9,11H2,1H3. The summed E-state index contributed by atoms with van der Waals surface area (Å²) in [5.74, 6) is 0.958. The van der Waals surface area contributed by atoms with Gasteiger partial charge in [-0.05, 0) is 56.3 Å². The van der Waals surface area contributed by atoms with Crippen molar-refractivity contribution in [2.45, 2.75) is 39.2 Å². The highest BCUT2D eigenvalue weighted by Crippen LogP contribution is 2.24. The molecule has 0 atom stereocenters. The Kier molecular flexibility index (Phi) is 5.00. The van der Waals surface area contributed by atoms with Crippen LogP contribution in [-0.2, 0) is 13.0 Å². The van der Waals surface area contributed by atoms with E-state index in [1.54, 1.807) is 13.0 Å². The van der Waals surface area contributed by atoms with E-state index in [9.17, 15) is 8.78 Å². The zero-order valence-electron chi connectivity index (χ0n) is 13.3. The van der Waals surface area contributed by atoms with E-state index in [1.807, 2.05) is 0 Å². The summed E-state index contributed by atoms with van der Waals surface area (Å²) in [6.45, 7) is 4.49. The summed E-state index contributed by atoms with van der Waals surface area (Å²) in [6, 6.07) is 3.84. The van der Waals surface area contributed by atoms with E-state index >= 15 is 0 Å². The first-order chi connectivity index (χ1) is 11.1. The van der Waals surface area contributed by atoms with Crippen molar-refractivity contribution >= 4 is 0 Å². The zero-order valence-corrected chi connectivity index (χ0v) is 13.3. The van der Waals surface area contributed by atoms with Crippen molar-refractivity contribution in [1.29, 1.82) is 0 Å². The molecule has 1 fully saturated rings. The lowest BCUT2D eigenvalue weighted by molar-refractivity contribution is 0.167. The quantitative estimate of drug-likeness (QED) is 0.845. The largest absolute Gasteiger partial charge is 0.340 e. The predicted octanol–water partition coefficient (Wildman–Crippen LogP) is 3.50. The molecule has 0 amide bonds. The number of hydrogen-bond donors (Lipinski definition) is 0. The molecule has 0 N–H and O–H groups in total. The lowest BCUT2D eigenvalue weighted by Gasteiger charge is -2.31. The third-order valence-electron chi connectivity index (χ3n) is 4.48. The van der Waals surface area contributed by atoms with Gasteiger partial charge in [0.05, 0.1) is 6.54 Å². The van der Waals surface area contributed by atoms with Gasteiger partial charge in [0.2, 0.25) is 5.89 Å². The minimum Gasteiger partial charge on any atom is -0.340 e. The first-order valence-electron chi connectivity index (χ1n) is 8.05. The molecule has 1 aliphatic heterocycles.